The van der Waals surface area contributed by atoms with Crippen LogP contribution in [0.25, 0.3) is 0 Å². The van der Waals surface area contributed by atoms with Crippen LogP contribution in [0.15, 0.2) is 0 Å². The van der Waals surface area contributed by atoms with Crippen molar-refractivity contribution in [1.82, 2.24) is 4.90 Å². The molecule has 0 aromatic heterocycles. The van der Waals surface area contributed by atoms with E-state index in [1.54, 1.807) is 13.8 Å². The van der Waals surface area contributed by atoms with Gasteiger partial charge < -0.3 is 4.90 Å². The van der Waals surface area contributed by atoms with E-state index >= 15 is 0 Å². The topological polar surface area (TPSA) is 61.2 Å². The summed E-state index contributed by atoms with van der Waals surface area (Å²) in [6.07, 6.45) is 2.12. The van der Waals surface area contributed by atoms with E-state index in [0.29, 0.717) is 19.4 Å². The lowest BCUT2D eigenvalue weighted by atomic mass is 9.84. The molecule has 0 unspecified atom stereocenters. The molecule has 1 rings (SSSR count). The molecule has 88 valence electrons. The summed E-state index contributed by atoms with van der Waals surface area (Å²) in [6, 6.07) is 1.66. The minimum absolute atomic E-state index is 0.378. The third-order valence-corrected chi connectivity index (χ3v) is 3.36. The van der Waals surface area contributed by atoms with Crippen LogP contribution >= 0.6 is 0 Å². The zero-order valence-electron chi connectivity index (χ0n) is 10.1. The van der Waals surface area contributed by atoms with Gasteiger partial charge in [0.05, 0.1) is 6.07 Å². The molecular weight excluding hydrogens is 204 g/mol. The fourth-order valence-corrected chi connectivity index (χ4v) is 1.72. The zero-order chi connectivity index (χ0) is 12.3. The van der Waals surface area contributed by atoms with Crippen molar-refractivity contribution < 1.29 is 9.59 Å². The Balaban J connectivity index is 2.79. The smallest absolute Gasteiger partial charge is 0.291 e. The van der Waals surface area contributed by atoms with E-state index in [-0.39, 0.29) is 5.78 Å². The third kappa shape index (κ3) is 2.24. The molecule has 1 aliphatic heterocycles. The number of amides is 1. The van der Waals surface area contributed by atoms with Gasteiger partial charge in [0.1, 0.15) is 6.04 Å². The number of likely N-dealkylation sites (tertiary alicyclic amines) is 1. The van der Waals surface area contributed by atoms with Crippen molar-refractivity contribution in [2.75, 3.05) is 6.54 Å². The van der Waals surface area contributed by atoms with Crippen LogP contribution in [0.3, 0.4) is 0 Å². The molecule has 0 aromatic carbocycles. The highest BCUT2D eigenvalue weighted by Gasteiger charge is 2.38. The van der Waals surface area contributed by atoms with Gasteiger partial charge in [0.15, 0.2) is 0 Å². The predicted octanol–water partition coefficient (Wildman–Crippen LogP) is 1.51. The van der Waals surface area contributed by atoms with Gasteiger partial charge in [-0.3, -0.25) is 9.59 Å². The first-order valence-corrected chi connectivity index (χ1v) is 5.69. The summed E-state index contributed by atoms with van der Waals surface area (Å²) < 4.78 is 0. The largest absolute Gasteiger partial charge is 0.320 e. The molecule has 1 atom stereocenters. The molecule has 0 saturated carbocycles. The molecule has 4 heteroatoms. The Morgan fingerprint density at radius 2 is 2.12 bits per heavy atom. The van der Waals surface area contributed by atoms with E-state index in [4.69, 9.17) is 5.26 Å². The van der Waals surface area contributed by atoms with Crippen LogP contribution < -0.4 is 0 Å². The van der Waals surface area contributed by atoms with Gasteiger partial charge >= 0.3 is 0 Å². The first-order valence-electron chi connectivity index (χ1n) is 5.69. The Morgan fingerprint density at radius 3 is 2.62 bits per heavy atom. The lowest BCUT2D eigenvalue weighted by molar-refractivity contribution is -0.149. The number of hydrogen-bond donors (Lipinski definition) is 0. The summed E-state index contributed by atoms with van der Waals surface area (Å²) in [6.45, 7) is 5.95. The Morgan fingerprint density at radius 1 is 1.50 bits per heavy atom. The molecular formula is C12H18N2O2. The number of rotatable bonds is 3. The van der Waals surface area contributed by atoms with Crippen molar-refractivity contribution in [3.63, 3.8) is 0 Å². The van der Waals surface area contributed by atoms with Crippen LogP contribution in [0.1, 0.15) is 40.0 Å². The standard InChI is InChI=1S/C12H18N2O2/c1-4-12(2,3)10(15)11(16)14-7-5-6-9(14)8-13/h9H,4-7H2,1-3H3/t9-/m0/s1. The van der Waals surface area contributed by atoms with Gasteiger partial charge in [-0.2, -0.15) is 5.26 Å². The molecule has 0 aromatic rings. The Kier molecular flexibility index (Phi) is 3.69. The first kappa shape index (κ1) is 12.7. The molecule has 1 heterocycles. The highest BCUT2D eigenvalue weighted by molar-refractivity contribution is 6.38. The van der Waals surface area contributed by atoms with Crippen LogP contribution in [0, 0.1) is 16.7 Å². The molecule has 0 radical (unpaired) electrons. The highest BCUT2D eigenvalue weighted by Crippen LogP contribution is 2.25. The highest BCUT2D eigenvalue weighted by atomic mass is 16.2. The van der Waals surface area contributed by atoms with Gasteiger partial charge in [0.2, 0.25) is 5.78 Å². The van der Waals surface area contributed by atoms with E-state index in [2.05, 4.69) is 6.07 Å². The lowest BCUT2D eigenvalue weighted by Gasteiger charge is -2.25. The van der Waals surface area contributed by atoms with Crippen molar-refractivity contribution >= 4 is 11.7 Å². The predicted molar refractivity (Wildman–Crippen MR) is 59.4 cm³/mol. The third-order valence-electron chi connectivity index (χ3n) is 3.36. The minimum Gasteiger partial charge on any atom is -0.320 e. The second kappa shape index (κ2) is 4.65. The van der Waals surface area contributed by atoms with Crippen molar-refractivity contribution in [2.45, 2.75) is 46.1 Å². The average molecular weight is 222 g/mol. The monoisotopic (exact) mass is 222 g/mol. The molecule has 0 N–H and O–H groups in total. The lowest BCUT2D eigenvalue weighted by Crippen LogP contribution is -2.44. The fourth-order valence-electron chi connectivity index (χ4n) is 1.72. The average Bonchev–Trinajstić information content (AvgIpc) is 2.74. The second-order valence-corrected chi connectivity index (χ2v) is 4.85. The van der Waals surface area contributed by atoms with Crippen molar-refractivity contribution in [1.29, 1.82) is 5.26 Å². The summed E-state index contributed by atoms with van der Waals surface area (Å²) in [4.78, 5) is 25.3. The molecule has 1 fully saturated rings. The van der Waals surface area contributed by atoms with Gasteiger partial charge in [0, 0.05) is 12.0 Å². The summed E-state index contributed by atoms with van der Waals surface area (Å²) in [5.74, 6) is -0.868. The Hall–Kier alpha value is -1.37. The molecule has 0 bridgehead atoms. The van der Waals surface area contributed by atoms with E-state index in [1.165, 1.54) is 4.90 Å². The maximum atomic E-state index is 11.9. The van der Waals surface area contributed by atoms with Crippen molar-refractivity contribution in [3.8, 4) is 6.07 Å². The number of Topliss-reactive ketones (excluding diaryl/α,β-unsaturated/α-hetero) is 1. The number of carbonyl (C=O) groups is 2. The fraction of sp³-hybridized carbons (Fsp3) is 0.750. The first-order chi connectivity index (χ1) is 7.44. The number of ketones is 1. The van der Waals surface area contributed by atoms with E-state index < -0.39 is 17.4 Å². The summed E-state index contributed by atoms with van der Waals surface area (Å²) in [7, 11) is 0. The van der Waals surface area contributed by atoms with Crippen LogP contribution in [0.4, 0.5) is 0 Å². The zero-order valence-corrected chi connectivity index (χ0v) is 10.1. The number of carbonyl (C=O) groups excluding carboxylic acids is 2. The van der Waals surface area contributed by atoms with Crippen molar-refractivity contribution in [2.24, 2.45) is 5.41 Å². The molecule has 1 amide bonds. The maximum Gasteiger partial charge on any atom is 0.291 e. The Bertz CT molecular complexity index is 341. The molecule has 1 saturated heterocycles. The van der Waals surface area contributed by atoms with Gasteiger partial charge in [-0.15, -0.1) is 0 Å². The van der Waals surface area contributed by atoms with Crippen LogP contribution in [-0.2, 0) is 9.59 Å². The van der Waals surface area contributed by atoms with Gasteiger partial charge in [-0.05, 0) is 19.3 Å². The summed E-state index contributed by atoms with van der Waals surface area (Å²) in [5, 5.41) is 8.87. The molecule has 4 nitrogen and oxygen atoms in total. The van der Waals surface area contributed by atoms with Crippen LogP contribution in [-0.4, -0.2) is 29.2 Å². The number of nitriles is 1. The normalized spacial score (nSPS) is 20.6. The van der Waals surface area contributed by atoms with E-state index in [9.17, 15) is 9.59 Å². The van der Waals surface area contributed by atoms with Crippen LogP contribution in [0.5, 0.6) is 0 Å². The van der Waals surface area contributed by atoms with Gasteiger partial charge in [-0.1, -0.05) is 20.8 Å². The molecule has 0 spiro atoms. The van der Waals surface area contributed by atoms with Crippen molar-refractivity contribution in [3.05, 3.63) is 0 Å². The number of hydrogen-bond acceptors (Lipinski definition) is 3. The summed E-state index contributed by atoms with van der Waals surface area (Å²) in [5.41, 5.74) is -0.625. The molecule has 16 heavy (non-hydrogen) atoms. The van der Waals surface area contributed by atoms with E-state index in [0.717, 1.165) is 6.42 Å². The van der Waals surface area contributed by atoms with Gasteiger partial charge in [-0.25, -0.2) is 0 Å². The van der Waals surface area contributed by atoms with Crippen LogP contribution in [0.2, 0.25) is 0 Å². The Labute approximate surface area is 96.2 Å². The molecule has 0 aliphatic carbocycles. The van der Waals surface area contributed by atoms with E-state index in [1.807, 2.05) is 6.92 Å². The molecule has 1 aliphatic rings. The quantitative estimate of drug-likeness (QED) is 0.680. The number of nitrogens with zero attached hydrogens (tertiary/aromatic N) is 2. The SMILES string of the molecule is CCC(C)(C)C(=O)C(=O)N1CCC[C@H]1C#N. The minimum atomic E-state index is -0.625. The van der Waals surface area contributed by atoms with Gasteiger partial charge in [0.25, 0.3) is 5.91 Å². The second-order valence-electron chi connectivity index (χ2n) is 4.85. The summed E-state index contributed by atoms with van der Waals surface area (Å²) >= 11 is 0. The maximum absolute atomic E-state index is 11.9.